The molecule has 0 unspecified atom stereocenters. The molecule has 2 aromatic carbocycles. The molecule has 10 heteroatoms. The lowest BCUT2D eigenvalue weighted by atomic mass is 9.92. The van der Waals surface area contributed by atoms with E-state index in [9.17, 15) is 19.7 Å². The summed E-state index contributed by atoms with van der Waals surface area (Å²) >= 11 is 0. The Labute approximate surface area is 197 Å². The van der Waals surface area contributed by atoms with Gasteiger partial charge >= 0.3 is 6.03 Å². The fourth-order valence-corrected chi connectivity index (χ4v) is 3.15. The summed E-state index contributed by atoms with van der Waals surface area (Å²) in [6.45, 7) is 7.99. The molecule has 34 heavy (non-hydrogen) atoms. The number of nitrogens with one attached hydrogen (secondary N) is 2. The van der Waals surface area contributed by atoms with E-state index >= 15 is 0 Å². The van der Waals surface area contributed by atoms with Crippen molar-refractivity contribution < 1.29 is 14.5 Å². The summed E-state index contributed by atoms with van der Waals surface area (Å²) in [5.74, 6) is 0.131. The van der Waals surface area contributed by atoms with E-state index in [-0.39, 0.29) is 30.1 Å². The maximum absolute atomic E-state index is 12.9. The molecule has 0 atom stereocenters. The molecule has 1 aromatic heterocycles. The largest absolute Gasteiger partial charge is 0.322 e. The van der Waals surface area contributed by atoms with Gasteiger partial charge in [0.05, 0.1) is 16.3 Å². The number of hydrogen-bond acceptors (Lipinski definition) is 5. The Hall–Kier alpha value is -4.21. The fourth-order valence-electron chi connectivity index (χ4n) is 3.15. The van der Waals surface area contributed by atoms with Gasteiger partial charge in [-0.1, -0.05) is 39.0 Å². The van der Waals surface area contributed by atoms with Crippen LogP contribution in [0.3, 0.4) is 0 Å². The van der Waals surface area contributed by atoms with E-state index in [0.29, 0.717) is 11.5 Å². The average molecular weight is 465 g/mol. The van der Waals surface area contributed by atoms with Crippen molar-refractivity contribution in [1.29, 1.82) is 0 Å². The third-order valence-electron chi connectivity index (χ3n) is 5.08. The topological polar surface area (TPSA) is 122 Å². The normalized spacial score (nSPS) is 11.1. The van der Waals surface area contributed by atoms with E-state index in [2.05, 4.69) is 15.7 Å². The minimum atomic E-state index is -0.514. The molecule has 0 aliphatic rings. The van der Waals surface area contributed by atoms with Gasteiger partial charge < -0.3 is 15.5 Å². The molecule has 10 nitrogen and oxygen atoms in total. The van der Waals surface area contributed by atoms with Gasteiger partial charge in [-0.05, 0) is 31.2 Å². The minimum absolute atomic E-state index is 0.0746. The highest BCUT2D eigenvalue weighted by Gasteiger charge is 2.23. The zero-order chi connectivity index (χ0) is 24.9. The van der Waals surface area contributed by atoms with Gasteiger partial charge in [-0.25, -0.2) is 9.48 Å². The monoisotopic (exact) mass is 464 g/mol. The third kappa shape index (κ3) is 5.97. The number of benzene rings is 2. The Kier molecular flexibility index (Phi) is 7.30. The molecule has 3 aromatic rings. The molecule has 3 amide bonds. The maximum atomic E-state index is 12.9. The summed E-state index contributed by atoms with van der Waals surface area (Å²) in [7, 11) is 0. The molecule has 0 spiro atoms. The van der Waals surface area contributed by atoms with E-state index in [1.165, 1.54) is 29.2 Å². The van der Waals surface area contributed by atoms with Crippen molar-refractivity contribution in [3.63, 3.8) is 0 Å². The van der Waals surface area contributed by atoms with Gasteiger partial charge in [0.2, 0.25) is 5.91 Å². The second-order valence-corrected chi connectivity index (χ2v) is 8.71. The van der Waals surface area contributed by atoms with Gasteiger partial charge in [0.15, 0.2) is 0 Å². The number of likely N-dealkylation sites (N-methyl/N-ethyl adjacent to an activating group) is 1. The predicted molar refractivity (Wildman–Crippen MR) is 130 cm³/mol. The highest BCUT2D eigenvalue weighted by molar-refractivity contribution is 5.96. The van der Waals surface area contributed by atoms with Crippen LogP contribution >= 0.6 is 0 Å². The average Bonchev–Trinajstić information content (AvgIpc) is 3.22. The quantitative estimate of drug-likeness (QED) is 0.392. The molecule has 1 heterocycles. The van der Waals surface area contributed by atoms with Gasteiger partial charge in [0, 0.05) is 35.8 Å². The molecular formula is C24H28N6O4. The van der Waals surface area contributed by atoms with Crippen LogP contribution in [-0.2, 0) is 10.2 Å². The number of carbonyl (C=O) groups excluding carboxylic acids is 2. The van der Waals surface area contributed by atoms with Crippen molar-refractivity contribution in [2.24, 2.45) is 0 Å². The van der Waals surface area contributed by atoms with Gasteiger partial charge in [-0.3, -0.25) is 14.9 Å². The van der Waals surface area contributed by atoms with Crippen LogP contribution in [0.2, 0.25) is 0 Å². The fraction of sp³-hybridized carbons (Fsp3) is 0.292. The van der Waals surface area contributed by atoms with Crippen LogP contribution < -0.4 is 10.6 Å². The number of amides is 3. The summed E-state index contributed by atoms with van der Waals surface area (Å²) in [4.78, 5) is 37.1. The molecule has 0 saturated carbocycles. The molecule has 0 fully saturated rings. The first kappa shape index (κ1) is 24.4. The van der Waals surface area contributed by atoms with Crippen LogP contribution in [0.1, 0.15) is 33.4 Å². The van der Waals surface area contributed by atoms with Gasteiger partial charge in [0.1, 0.15) is 12.4 Å². The first-order valence-corrected chi connectivity index (χ1v) is 10.8. The lowest BCUT2D eigenvalue weighted by Gasteiger charge is -2.21. The van der Waals surface area contributed by atoms with Crippen LogP contribution in [0, 0.1) is 10.1 Å². The number of carbonyl (C=O) groups is 2. The Morgan fingerprint density at radius 1 is 1.06 bits per heavy atom. The molecule has 0 radical (unpaired) electrons. The van der Waals surface area contributed by atoms with E-state index in [0.717, 1.165) is 11.4 Å². The lowest BCUT2D eigenvalue weighted by Crippen LogP contribution is -2.40. The zero-order valence-corrected chi connectivity index (χ0v) is 19.6. The van der Waals surface area contributed by atoms with Crippen LogP contribution in [0.25, 0.3) is 5.69 Å². The Bertz CT molecular complexity index is 1170. The number of para-hydroxylation sites is 1. The Morgan fingerprint density at radius 2 is 1.71 bits per heavy atom. The van der Waals surface area contributed by atoms with Crippen LogP contribution in [0.15, 0.2) is 60.7 Å². The van der Waals surface area contributed by atoms with Crippen molar-refractivity contribution >= 4 is 29.1 Å². The molecule has 178 valence electrons. The van der Waals surface area contributed by atoms with Crippen molar-refractivity contribution in [3.05, 3.63) is 76.5 Å². The van der Waals surface area contributed by atoms with Crippen molar-refractivity contribution in [2.75, 3.05) is 23.7 Å². The van der Waals surface area contributed by atoms with E-state index in [4.69, 9.17) is 0 Å². The number of anilines is 2. The smallest absolute Gasteiger partial charge is 0.315 e. The number of rotatable bonds is 7. The summed E-state index contributed by atoms with van der Waals surface area (Å²) in [6, 6.07) is 16.3. The summed E-state index contributed by atoms with van der Waals surface area (Å²) < 4.78 is 1.67. The molecule has 0 bridgehead atoms. The van der Waals surface area contributed by atoms with E-state index < -0.39 is 11.0 Å². The van der Waals surface area contributed by atoms with Crippen LogP contribution in [0.4, 0.5) is 22.0 Å². The molecule has 0 saturated heterocycles. The summed E-state index contributed by atoms with van der Waals surface area (Å²) in [5.41, 5.74) is 1.71. The second-order valence-electron chi connectivity index (χ2n) is 8.71. The number of aromatic nitrogens is 2. The number of nitro groups is 1. The highest BCUT2D eigenvalue weighted by atomic mass is 16.6. The maximum Gasteiger partial charge on any atom is 0.322 e. The summed E-state index contributed by atoms with van der Waals surface area (Å²) in [5, 5.41) is 21.0. The second kappa shape index (κ2) is 10.2. The van der Waals surface area contributed by atoms with Crippen molar-refractivity contribution in [3.8, 4) is 5.69 Å². The van der Waals surface area contributed by atoms with Gasteiger partial charge in [-0.2, -0.15) is 5.10 Å². The van der Waals surface area contributed by atoms with Crippen LogP contribution in [-0.4, -0.2) is 44.6 Å². The predicted octanol–water partition coefficient (Wildman–Crippen LogP) is 4.57. The number of urea groups is 1. The summed E-state index contributed by atoms with van der Waals surface area (Å²) in [6.07, 6.45) is 0. The van der Waals surface area contributed by atoms with E-state index in [1.54, 1.807) is 11.6 Å². The SMILES string of the molecule is CCN(CC(=O)Nc1cc(C(C)(C)C)nn1-c1ccccc1)C(=O)Nc1ccc([N+](=O)[O-])cc1. The molecule has 0 aliphatic carbocycles. The number of nitro benzene ring substituents is 1. The first-order valence-electron chi connectivity index (χ1n) is 10.8. The Morgan fingerprint density at radius 3 is 2.26 bits per heavy atom. The third-order valence-corrected chi connectivity index (χ3v) is 5.08. The minimum Gasteiger partial charge on any atom is -0.315 e. The number of non-ortho nitro benzene ring substituents is 1. The molecule has 0 aliphatic heterocycles. The van der Waals surface area contributed by atoms with Crippen molar-refractivity contribution in [2.45, 2.75) is 33.1 Å². The molecule has 2 N–H and O–H groups in total. The number of nitrogens with zero attached hydrogens (tertiary/aromatic N) is 4. The molecule has 3 rings (SSSR count). The molecular weight excluding hydrogens is 436 g/mol. The van der Waals surface area contributed by atoms with E-state index in [1.807, 2.05) is 57.2 Å². The van der Waals surface area contributed by atoms with Gasteiger partial charge in [0.25, 0.3) is 5.69 Å². The van der Waals surface area contributed by atoms with Crippen molar-refractivity contribution in [1.82, 2.24) is 14.7 Å². The van der Waals surface area contributed by atoms with Crippen LogP contribution in [0.5, 0.6) is 0 Å². The highest BCUT2D eigenvalue weighted by Crippen LogP contribution is 2.26. The Balaban J connectivity index is 1.72. The standard InChI is InChI=1S/C24H28N6O4/c1-5-28(23(32)25-17-11-13-19(14-12-17)30(33)34)16-22(31)26-21-15-20(24(2,3)4)27-29(21)18-9-7-6-8-10-18/h6-15H,5,16H2,1-4H3,(H,25,32)(H,26,31). The zero-order valence-electron chi connectivity index (χ0n) is 19.6. The van der Waals surface area contributed by atoms with Gasteiger partial charge in [-0.15, -0.1) is 0 Å². The number of hydrogen-bond donors (Lipinski definition) is 2. The lowest BCUT2D eigenvalue weighted by molar-refractivity contribution is -0.384. The first-order chi connectivity index (χ1) is 16.1.